The smallest absolute Gasteiger partial charge is 0.224 e. The maximum absolute atomic E-state index is 11.9. The number of piperidine rings is 1. The SMILES string of the molecule is O=C(CCNCC1CCNCC1)N1CCOCC1. The molecule has 2 aliphatic rings. The van der Waals surface area contributed by atoms with E-state index in [9.17, 15) is 4.79 Å². The minimum atomic E-state index is 0.260. The van der Waals surface area contributed by atoms with Crippen LogP contribution in [0.2, 0.25) is 0 Å². The van der Waals surface area contributed by atoms with Gasteiger partial charge in [0.05, 0.1) is 13.2 Å². The highest BCUT2D eigenvalue weighted by Crippen LogP contribution is 2.09. The third-order valence-corrected chi connectivity index (χ3v) is 3.77. The Balaban J connectivity index is 1.52. The summed E-state index contributed by atoms with van der Waals surface area (Å²) < 4.78 is 5.24. The van der Waals surface area contributed by atoms with Gasteiger partial charge in [-0.25, -0.2) is 0 Å². The quantitative estimate of drug-likeness (QED) is 0.670. The van der Waals surface area contributed by atoms with Crippen molar-refractivity contribution in [3.8, 4) is 0 Å². The van der Waals surface area contributed by atoms with E-state index in [2.05, 4.69) is 10.6 Å². The Labute approximate surface area is 109 Å². The first-order valence-corrected chi connectivity index (χ1v) is 7.13. The minimum absolute atomic E-state index is 0.260. The Morgan fingerprint density at radius 3 is 2.72 bits per heavy atom. The molecule has 18 heavy (non-hydrogen) atoms. The highest BCUT2D eigenvalue weighted by molar-refractivity contribution is 5.76. The molecule has 0 spiro atoms. The fraction of sp³-hybridized carbons (Fsp3) is 0.923. The molecule has 0 aliphatic carbocycles. The summed E-state index contributed by atoms with van der Waals surface area (Å²) in [5.74, 6) is 1.04. The van der Waals surface area contributed by atoms with Gasteiger partial charge in [-0.2, -0.15) is 0 Å². The van der Waals surface area contributed by atoms with Crippen LogP contribution >= 0.6 is 0 Å². The first-order valence-electron chi connectivity index (χ1n) is 7.13. The van der Waals surface area contributed by atoms with Crippen LogP contribution in [0.5, 0.6) is 0 Å². The molecule has 0 aromatic heterocycles. The van der Waals surface area contributed by atoms with Crippen LogP contribution in [-0.2, 0) is 9.53 Å². The van der Waals surface area contributed by atoms with Crippen LogP contribution in [0.4, 0.5) is 0 Å². The molecule has 2 aliphatic heterocycles. The summed E-state index contributed by atoms with van der Waals surface area (Å²) in [5.41, 5.74) is 0. The van der Waals surface area contributed by atoms with E-state index in [-0.39, 0.29) is 5.91 Å². The number of rotatable bonds is 5. The zero-order valence-electron chi connectivity index (χ0n) is 11.1. The van der Waals surface area contributed by atoms with Crippen LogP contribution in [0.3, 0.4) is 0 Å². The topological polar surface area (TPSA) is 53.6 Å². The van der Waals surface area contributed by atoms with Crippen molar-refractivity contribution in [2.45, 2.75) is 19.3 Å². The van der Waals surface area contributed by atoms with Gasteiger partial charge in [-0.05, 0) is 38.4 Å². The molecule has 2 saturated heterocycles. The van der Waals surface area contributed by atoms with Crippen molar-refractivity contribution in [3.63, 3.8) is 0 Å². The largest absolute Gasteiger partial charge is 0.378 e. The summed E-state index contributed by atoms with van der Waals surface area (Å²) in [6, 6.07) is 0. The highest BCUT2D eigenvalue weighted by Gasteiger charge is 2.16. The number of nitrogens with one attached hydrogen (secondary N) is 2. The molecule has 5 nitrogen and oxygen atoms in total. The molecule has 104 valence electrons. The lowest BCUT2D eigenvalue weighted by atomic mass is 9.98. The maximum Gasteiger partial charge on any atom is 0.224 e. The van der Waals surface area contributed by atoms with E-state index in [1.807, 2.05) is 4.90 Å². The van der Waals surface area contributed by atoms with Crippen LogP contribution in [0, 0.1) is 5.92 Å². The summed E-state index contributed by atoms with van der Waals surface area (Å²) in [6.45, 7) is 7.03. The highest BCUT2D eigenvalue weighted by atomic mass is 16.5. The third kappa shape index (κ3) is 4.55. The molecule has 1 amide bonds. The van der Waals surface area contributed by atoms with Gasteiger partial charge in [-0.1, -0.05) is 0 Å². The maximum atomic E-state index is 11.9. The van der Waals surface area contributed by atoms with Gasteiger partial charge in [0, 0.05) is 26.1 Å². The Hall–Kier alpha value is -0.650. The second-order valence-electron chi connectivity index (χ2n) is 5.14. The van der Waals surface area contributed by atoms with E-state index in [1.165, 1.54) is 12.8 Å². The van der Waals surface area contributed by atoms with Gasteiger partial charge in [-0.15, -0.1) is 0 Å². The molecule has 0 saturated carbocycles. The monoisotopic (exact) mass is 255 g/mol. The molecule has 0 unspecified atom stereocenters. The Morgan fingerprint density at radius 2 is 2.00 bits per heavy atom. The lowest BCUT2D eigenvalue weighted by Gasteiger charge is -2.27. The average molecular weight is 255 g/mol. The number of ether oxygens (including phenoxy) is 1. The number of hydrogen-bond donors (Lipinski definition) is 2. The van der Waals surface area contributed by atoms with Gasteiger partial charge >= 0.3 is 0 Å². The van der Waals surface area contributed by atoms with E-state index in [4.69, 9.17) is 4.74 Å². The van der Waals surface area contributed by atoms with E-state index in [1.54, 1.807) is 0 Å². The van der Waals surface area contributed by atoms with Crippen molar-refractivity contribution in [1.29, 1.82) is 0 Å². The normalized spacial score (nSPS) is 22.1. The zero-order valence-corrected chi connectivity index (χ0v) is 11.1. The van der Waals surface area contributed by atoms with Crippen molar-refractivity contribution in [2.75, 3.05) is 52.5 Å². The number of carbonyl (C=O) groups is 1. The second-order valence-corrected chi connectivity index (χ2v) is 5.14. The van der Waals surface area contributed by atoms with Crippen LogP contribution in [0.1, 0.15) is 19.3 Å². The summed E-state index contributed by atoms with van der Waals surface area (Å²) >= 11 is 0. The third-order valence-electron chi connectivity index (χ3n) is 3.77. The molecule has 0 radical (unpaired) electrons. The molecule has 5 heteroatoms. The molecule has 2 N–H and O–H groups in total. The molecule has 2 fully saturated rings. The van der Waals surface area contributed by atoms with Crippen LogP contribution < -0.4 is 10.6 Å². The number of carbonyl (C=O) groups excluding carboxylic acids is 1. The summed E-state index contributed by atoms with van der Waals surface area (Å²) in [5, 5.41) is 6.78. The first-order chi connectivity index (χ1) is 8.86. The molecule has 2 heterocycles. The Bertz CT molecular complexity index is 249. The number of hydrogen-bond acceptors (Lipinski definition) is 4. The minimum Gasteiger partial charge on any atom is -0.378 e. The lowest BCUT2D eigenvalue weighted by molar-refractivity contribution is -0.135. The van der Waals surface area contributed by atoms with Crippen molar-refractivity contribution in [2.24, 2.45) is 5.92 Å². The second kappa shape index (κ2) is 7.71. The summed E-state index contributed by atoms with van der Waals surface area (Å²) in [6.07, 6.45) is 3.12. The van der Waals surface area contributed by atoms with E-state index >= 15 is 0 Å². The molecule has 2 rings (SSSR count). The van der Waals surface area contributed by atoms with Gasteiger partial charge in [0.1, 0.15) is 0 Å². The molecule has 0 bridgehead atoms. The molecule has 0 aromatic rings. The molecular weight excluding hydrogens is 230 g/mol. The van der Waals surface area contributed by atoms with Gasteiger partial charge in [0.15, 0.2) is 0 Å². The van der Waals surface area contributed by atoms with E-state index in [0.29, 0.717) is 19.6 Å². The summed E-state index contributed by atoms with van der Waals surface area (Å²) in [4.78, 5) is 13.8. The molecular formula is C13H25N3O2. The average Bonchev–Trinajstić information content (AvgIpc) is 2.45. The lowest BCUT2D eigenvalue weighted by Crippen LogP contribution is -2.42. The molecule has 0 atom stereocenters. The number of nitrogens with zero attached hydrogens (tertiary/aromatic N) is 1. The van der Waals surface area contributed by atoms with Crippen molar-refractivity contribution in [1.82, 2.24) is 15.5 Å². The predicted octanol–water partition coefficient (Wildman–Crippen LogP) is -0.175. The number of amides is 1. The van der Waals surface area contributed by atoms with Gasteiger partial charge < -0.3 is 20.3 Å². The van der Waals surface area contributed by atoms with Crippen LogP contribution in [0.15, 0.2) is 0 Å². The van der Waals surface area contributed by atoms with Crippen LogP contribution in [-0.4, -0.2) is 63.3 Å². The van der Waals surface area contributed by atoms with Crippen molar-refractivity contribution >= 4 is 5.91 Å². The Kier molecular flexibility index (Phi) is 5.90. The Morgan fingerprint density at radius 1 is 1.28 bits per heavy atom. The van der Waals surface area contributed by atoms with Gasteiger partial charge in [0.2, 0.25) is 5.91 Å². The van der Waals surface area contributed by atoms with E-state index in [0.717, 1.165) is 45.2 Å². The fourth-order valence-corrected chi connectivity index (χ4v) is 2.56. The first kappa shape index (κ1) is 13.8. The standard InChI is InChI=1S/C13H25N3O2/c17-13(16-7-9-18-10-8-16)3-6-15-11-12-1-4-14-5-2-12/h12,14-15H,1-11H2. The van der Waals surface area contributed by atoms with E-state index < -0.39 is 0 Å². The van der Waals surface area contributed by atoms with Crippen molar-refractivity contribution < 1.29 is 9.53 Å². The van der Waals surface area contributed by atoms with Gasteiger partial charge in [0.25, 0.3) is 0 Å². The molecule has 0 aromatic carbocycles. The van der Waals surface area contributed by atoms with Gasteiger partial charge in [-0.3, -0.25) is 4.79 Å². The van der Waals surface area contributed by atoms with Crippen molar-refractivity contribution in [3.05, 3.63) is 0 Å². The van der Waals surface area contributed by atoms with Crippen LogP contribution in [0.25, 0.3) is 0 Å². The predicted molar refractivity (Wildman–Crippen MR) is 70.5 cm³/mol. The fourth-order valence-electron chi connectivity index (χ4n) is 2.56. The summed E-state index contributed by atoms with van der Waals surface area (Å²) in [7, 11) is 0. The zero-order chi connectivity index (χ0) is 12.6. The number of morpholine rings is 1.